The number of piperazine rings is 1. The highest BCUT2D eigenvalue weighted by atomic mass is 19.4. The van der Waals surface area contributed by atoms with Gasteiger partial charge in [-0.2, -0.15) is 13.2 Å². The molecule has 0 bridgehead atoms. The van der Waals surface area contributed by atoms with E-state index in [0.29, 0.717) is 10.6 Å². The molecule has 0 unspecified atom stereocenters. The maximum absolute atomic E-state index is 12.3. The Morgan fingerprint density at radius 3 is 2.26 bits per heavy atom. The van der Waals surface area contributed by atoms with Crippen LogP contribution in [-0.2, 0) is 9.59 Å². The average Bonchev–Trinajstić information content (AvgIpc) is 2.37. The average molecular weight is 272 g/mol. The number of hydrogen-bond donors (Lipinski definition) is 0. The number of carbonyl (C=O) groups excluding carboxylic acids is 2. The van der Waals surface area contributed by atoms with E-state index in [2.05, 4.69) is 0 Å². The molecule has 1 heterocycles. The summed E-state index contributed by atoms with van der Waals surface area (Å²) in [4.78, 5) is 24.7. The molecule has 4 nitrogen and oxygen atoms in total. The lowest BCUT2D eigenvalue weighted by atomic mass is 10.2. The van der Waals surface area contributed by atoms with Crippen molar-refractivity contribution in [3.8, 4) is 0 Å². The molecule has 2 amide bonds. The standard InChI is InChI=1S/C12H11F3N2O2/c13-12(14,15)11(19)16-6-7-17(10(18)8-16)9-4-2-1-3-5-9/h1-5H,6-8H2. The van der Waals surface area contributed by atoms with Gasteiger partial charge in [-0.05, 0) is 12.1 Å². The Bertz CT molecular complexity index is 487. The second-order valence-electron chi connectivity index (χ2n) is 4.11. The van der Waals surface area contributed by atoms with E-state index in [-0.39, 0.29) is 13.1 Å². The number of benzene rings is 1. The Hall–Kier alpha value is -2.05. The minimum Gasteiger partial charge on any atom is -0.324 e. The zero-order valence-electron chi connectivity index (χ0n) is 9.85. The van der Waals surface area contributed by atoms with Crippen molar-refractivity contribution in [2.24, 2.45) is 0 Å². The molecule has 2 rings (SSSR count). The number of carbonyl (C=O) groups is 2. The first kappa shape index (κ1) is 13.4. The Morgan fingerprint density at radius 1 is 1.11 bits per heavy atom. The van der Waals surface area contributed by atoms with Crippen molar-refractivity contribution in [2.45, 2.75) is 6.18 Å². The molecule has 0 spiro atoms. The summed E-state index contributed by atoms with van der Waals surface area (Å²) in [6.07, 6.45) is -4.94. The topological polar surface area (TPSA) is 40.6 Å². The van der Waals surface area contributed by atoms with Gasteiger partial charge in [0, 0.05) is 18.8 Å². The van der Waals surface area contributed by atoms with Crippen molar-refractivity contribution in [3.05, 3.63) is 30.3 Å². The van der Waals surface area contributed by atoms with E-state index in [0.717, 1.165) is 0 Å². The van der Waals surface area contributed by atoms with E-state index < -0.39 is 24.5 Å². The summed E-state index contributed by atoms with van der Waals surface area (Å²) in [5.74, 6) is -2.48. The second-order valence-corrected chi connectivity index (χ2v) is 4.11. The van der Waals surface area contributed by atoms with Crippen molar-refractivity contribution in [1.29, 1.82) is 0 Å². The molecular formula is C12H11F3N2O2. The van der Waals surface area contributed by atoms with Gasteiger partial charge < -0.3 is 9.80 Å². The van der Waals surface area contributed by atoms with Crippen molar-refractivity contribution < 1.29 is 22.8 Å². The number of halogens is 3. The van der Waals surface area contributed by atoms with Gasteiger partial charge in [-0.15, -0.1) is 0 Å². The molecule has 0 aliphatic carbocycles. The molecule has 1 aromatic rings. The lowest BCUT2D eigenvalue weighted by molar-refractivity contribution is -0.186. The summed E-state index contributed by atoms with van der Waals surface area (Å²) in [6, 6.07) is 8.63. The van der Waals surface area contributed by atoms with Crippen molar-refractivity contribution in [1.82, 2.24) is 4.90 Å². The van der Waals surface area contributed by atoms with Gasteiger partial charge in [-0.1, -0.05) is 18.2 Å². The Morgan fingerprint density at radius 2 is 1.74 bits per heavy atom. The van der Waals surface area contributed by atoms with Gasteiger partial charge in [0.15, 0.2) is 0 Å². The second kappa shape index (κ2) is 4.91. The van der Waals surface area contributed by atoms with Crippen LogP contribution in [0.25, 0.3) is 0 Å². The predicted octanol–water partition coefficient (Wildman–Crippen LogP) is 1.42. The number of alkyl halides is 3. The van der Waals surface area contributed by atoms with E-state index in [9.17, 15) is 22.8 Å². The largest absolute Gasteiger partial charge is 0.471 e. The van der Waals surface area contributed by atoms with E-state index in [1.54, 1.807) is 30.3 Å². The monoisotopic (exact) mass is 272 g/mol. The molecule has 7 heteroatoms. The summed E-state index contributed by atoms with van der Waals surface area (Å²) in [5, 5.41) is 0. The Labute approximate surface area is 107 Å². The molecule has 19 heavy (non-hydrogen) atoms. The molecule has 1 aromatic carbocycles. The van der Waals surface area contributed by atoms with Crippen LogP contribution in [0.5, 0.6) is 0 Å². The number of para-hydroxylation sites is 1. The SMILES string of the molecule is O=C1CN(C(=O)C(F)(F)F)CCN1c1ccccc1. The smallest absolute Gasteiger partial charge is 0.324 e. The Kier molecular flexibility index (Phi) is 3.46. The summed E-state index contributed by atoms with van der Waals surface area (Å²) < 4.78 is 36.8. The van der Waals surface area contributed by atoms with Crippen LogP contribution in [-0.4, -0.2) is 42.5 Å². The molecule has 0 aromatic heterocycles. The van der Waals surface area contributed by atoms with Gasteiger partial charge >= 0.3 is 12.1 Å². The molecule has 1 saturated heterocycles. The molecule has 102 valence electrons. The van der Waals surface area contributed by atoms with Crippen LogP contribution in [0.2, 0.25) is 0 Å². The fraction of sp³-hybridized carbons (Fsp3) is 0.333. The molecule has 1 aliphatic heterocycles. The van der Waals surface area contributed by atoms with Gasteiger partial charge in [-0.25, -0.2) is 0 Å². The van der Waals surface area contributed by atoms with Gasteiger partial charge in [0.2, 0.25) is 5.91 Å². The lowest BCUT2D eigenvalue weighted by Crippen LogP contribution is -2.55. The van der Waals surface area contributed by atoms with Crippen molar-refractivity contribution in [3.63, 3.8) is 0 Å². The van der Waals surface area contributed by atoms with Crippen LogP contribution in [0.4, 0.5) is 18.9 Å². The highest BCUT2D eigenvalue weighted by molar-refractivity contribution is 5.98. The predicted molar refractivity (Wildman–Crippen MR) is 61.4 cm³/mol. The first-order valence-electron chi connectivity index (χ1n) is 5.61. The Balaban J connectivity index is 2.07. The van der Waals surface area contributed by atoms with Crippen LogP contribution in [0.3, 0.4) is 0 Å². The van der Waals surface area contributed by atoms with Crippen LogP contribution < -0.4 is 4.90 Å². The summed E-state index contributed by atoms with van der Waals surface area (Å²) in [5.41, 5.74) is 0.617. The maximum Gasteiger partial charge on any atom is 0.471 e. The van der Waals surface area contributed by atoms with E-state index in [4.69, 9.17) is 0 Å². The van der Waals surface area contributed by atoms with Gasteiger partial charge in [0.25, 0.3) is 0 Å². The highest BCUT2D eigenvalue weighted by Crippen LogP contribution is 2.22. The number of hydrogen-bond acceptors (Lipinski definition) is 2. The third-order valence-corrected chi connectivity index (χ3v) is 2.82. The number of amides is 2. The van der Waals surface area contributed by atoms with Gasteiger partial charge in [0.05, 0.1) is 0 Å². The zero-order chi connectivity index (χ0) is 14.0. The van der Waals surface area contributed by atoms with Crippen molar-refractivity contribution in [2.75, 3.05) is 24.5 Å². The third-order valence-electron chi connectivity index (χ3n) is 2.82. The van der Waals surface area contributed by atoms with E-state index in [1.807, 2.05) is 0 Å². The summed E-state index contributed by atoms with van der Waals surface area (Å²) in [7, 11) is 0. The molecule has 0 N–H and O–H groups in total. The minimum absolute atomic E-state index is 0.0602. The van der Waals surface area contributed by atoms with Crippen LogP contribution in [0.1, 0.15) is 0 Å². The highest BCUT2D eigenvalue weighted by Gasteiger charge is 2.44. The number of anilines is 1. The number of nitrogens with zero attached hydrogens (tertiary/aromatic N) is 2. The fourth-order valence-corrected chi connectivity index (χ4v) is 1.91. The van der Waals surface area contributed by atoms with Crippen LogP contribution in [0.15, 0.2) is 30.3 Å². The van der Waals surface area contributed by atoms with E-state index >= 15 is 0 Å². The van der Waals surface area contributed by atoms with Gasteiger partial charge in [-0.3, -0.25) is 9.59 Å². The normalized spacial score (nSPS) is 16.7. The summed E-state index contributed by atoms with van der Waals surface area (Å²) in [6.45, 7) is -0.614. The summed E-state index contributed by atoms with van der Waals surface area (Å²) >= 11 is 0. The first-order chi connectivity index (χ1) is 8.89. The zero-order valence-corrected chi connectivity index (χ0v) is 9.85. The first-order valence-corrected chi connectivity index (χ1v) is 5.61. The number of rotatable bonds is 1. The maximum atomic E-state index is 12.3. The molecule has 1 aliphatic rings. The van der Waals surface area contributed by atoms with E-state index in [1.165, 1.54) is 4.90 Å². The quantitative estimate of drug-likeness (QED) is 0.776. The van der Waals surface area contributed by atoms with Crippen LogP contribution >= 0.6 is 0 Å². The minimum atomic E-state index is -4.94. The molecule has 1 fully saturated rings. The molecule has 0 saturated carbocycles. The van der Waals surface area contributed by atoms with Crippen LogP contribution in [0, 0.1) is 0 Å². The van der Waals surface area contributed by atoms with Crippen molar-refractivity contribution >= 4 is 17.5 Å². The molecule has 0 radical (unpaired) electrons. The molecule has 0 atom stereocenters. The lowest BCUT2D eigenvalue weighted by Gasteiger charge is -2.34. The van der Waals surface area contributed by atoms with Gasteiger partial charge in [0.1, 0.15) is 6.54 Å². The fourth-order valence-electron chi connectivity index (χ4n) is 1.91. The third kappa shape index (κ3) is 2.86. The molecular weight excluding hydrogens is 261 g/mol.